The lowest BCUT2D eigenvalue weighted by Crippen LogP contribution is -2.53. The van der Waals surface area contributed by atoms with Gasteiger partial charge in [0.1, 0.15) is 5.60 Å². The minimum absolute atomic E-state index is 0. The second kappa shape index (κ2) is 14.3. The van der Waals surface area contributed by atoms with Crippen LogP contribution in [0.3, 0.4) is 0 Å². The molecule has 0 bridgehead atoms. The van der Waals surface area contributed by atoms with Crippen LogP contribution in [0.5, 0.6) is 0 Å². The normalized spacial score (nSPS) is 22.4. The summed E-state index contributed by atoms with van der Waals surface area (Å²) in [5.41, 5.74) is -0.472. The van der Waals surface area contributed by atoms with Crippen LogP contribution in [-0.4, -0.2) is 81.2 Å². The Morgan fingerprint density at radius 2 is 2.10 bits per heavy atom. The van der Waals surface area contributed by atoms with E-state index in [9.17, 15) is 4.79 Å². The van der Waals surface area contributed by atoms with Gasteiger partial charge in [-0.05, 0) is 53.4 Å². The van der Waals surface area contributed by atoms with Crippen molar-refractivity contribution in [3.05, 3.63) is 0 Å². The number of nitrogens with zero attached hydrogens (tertiary/aromatic N) is 2. The fourth-order valence-electron chi connectivity index (χ4n) is 3.42. The van der Waals surface area contributed by atoms with Gasteiger partial charge in [-0.25, -0.2) is 4.79 Å². The van der Waals surface area contributed by atoms with Gasteiger partial charge < -0.3 is 29.7 Å². The lowest BCUT2D eigenvalue weighted by molar-refractivity contribution is 0.0193. The first-order valence-corrected chi connectivity index (χ1v) is 11.1. The van der Waals surface area contributed by atoms with Crippen LogP contribution in [-0.2, 0) is 14.2 Å². The average Bonchev–Trinajstić information content (AvgIpc) is 3.17. The number of likely N-dealkylation sites (tertiary alicyclic amines) is 1. The van der Waals surface area contributed by atoms with Crippen molar-refractivity contribution in [3.8, 4) is 0 Å². The molecule has 2 saturated heterocycles. The van der Waals surface area contributed by atoms with Gasteiger partial charge in [-0.2, -0.15) is 0 Å². The fourth-order valence-corrected chi connectivity index (χ4v) is 3.42. The number of halogens is 1. The number of hydrogen-bond acceptors (Lipinski definition) is 5. The molecule has 2 unspecified atom stereocenters. The Kier molecular flexibility index (Phi) is 13.0. The Morgan fingerprint density at radius 1 is 1.30 bits per heavy atom. The first-order chi connectivity index (χ1) is 13.9. The maximum atomic E-state index is 12.3. The molecule has 2 rings (SSSR count). The molecule has 0 aromatic rings. The molecule has 2 N–H and O–H groups in total. The molecule has 0 aliphatic carbocycles. The third-order valence-electron chi connectivity index (χ3n) is 4.85. The Morgan fingerprint density at radius 3 is 2.77 bits per heavy atom. The molecule has 2 fully saturated rings. The van der Waals surface area contributed by atoms with Crippen LogP contribution in [0.25, 0.3) is 0 Å². The number of hydrogen-bond donors (Lipinski definition) is 2. The number of piperidine rings is 1. The maximum absolute atomic E-state index is 12.3. The zero-order valence-electron chi connectivity index (χ0n) is 19.1. The van der Waals surface area contributed by atoms with E-state index in [-0.39, 0.29) is 36.1 Å². The summed E-state index contributed by atoms with van der Waals surface area (Å²) in [6.45, 7) is 13.8. The number of amides is 1. The smallest absolute Gasteiger partial charge is 0.410 e. The lowest BCUT2D eigenvalue weighted by Gasteiger charge is -2.35. The van der Waals surface area contributed by atoms with Crippen LogP contribution in [0.4, 0.5) is 4.79 Å². The number of carbonyl (C=O) groups is 1. The SMILES string of the molecule is CCNC(=NCCCOCC1CCOC1)NC1CCCN(C(=O)OC(C)(C)C)C1.I. The van der Waals surface area contributed by atoms with E-state index in [4.69, 9.17) is 14.2 Å². The molecule has 0 saturated carbocycles. The number of rotatable bonds is 8. The van der Waals surface area contributed by atoms with Crippen LogP contribution in [0.15, 0.2) is 4.99 Å². The van der Waals surface area contributed by atoms with Gasteiger partial charge in [0.2, 0.25) is 0 Å². The standard InChI is InChI=1S/C21H40N4O4.HI/c1-5-22-19(23-10-7-12-27-15-17-9-13-28-16-17)24-18-8-6-11-25(14-18)20(26)29-21(2,3)4;/h17-18H,5-16H2,1-4H3,(H2,22,23,24);1H. The van der Waals surface area contributed by atoms with Gasteiger partial charge >= 0.3 is 6.09 Å². The average molecular weight is 540 g/mol. The van der Waals surface area contributed by atoms with Crippen LogP contribution in [0.1, 0.15) is 53.4 Å². The first kappa shape index (κ1) is 27.2. The molecular weight excluding hydrogens is 499 g/mol. The molecule has 0 aromatic carbocycles. The molecule has 0 aromatic heterocycles. The summed E-state index contributed by atoms with van der Waals surface area (Å²) in [4.78, 5) is 18.8. The van der Waals surface area contributed by atoms with Crippen molar-refractivity contribution in [1.29, 1.82) is 0 Å². The number of ether oxygens (including phenoxy) is 3. The molecule has 9 heteroatoms. The molecule has 30 heavy (non-hydrogen) atoms. The van der Waals surface area contributed by atoms with Crippen molar-refractivity contribution in [2.75, 3.05) is 52.6 Å². The maximum Gasteiger partial charge on any atom is 0.410 e. The number of carbonyl (C=O) groups excluding carboxylic acids is 1. The van der Waals surface area contributed by atoms with Crippen LogP contribution >= 0.6 is 24.0 Å². The zero-order valence-corrected chi connectivity index (χ0v) is 21.4. The van der Waals surface area contributed by atoms with E-state index in [0.29, 0.717) is 19.0 Å². The summed E-state index contributed by atoms with van der Waals surface area (Å²) in [6, 6.07) is 0.174. The highest BCUT2D eigenvalue weighted by Crippen LogP contribution is 2.15. The Labute approximate surface area is 198 Å². The van der Waals surface area contributed by atoms with Crippen molar-refractivity contribution in [3.63, 3.8) is 0 Å². The molecule has 2 atom stereocenters. The molecule has 2 aliphatic heterocycles. The van der Waals surface area contributed by atoms with Crippen LogP contribution in [0.2, 0.25) is 0 Å². The summed E-state index contributed by atoms with van der Waals surface area (Å²) in [6.07, 6.45) is 3.72. The van der Waals surface area contributed by atoms with E-state index >= 15 is 0 Å². The zero-order chi connectivity index (χ0) is 21.1. The summed E-state index contributed by atoms with van der Waals surface area (Å²) in [5.74, 6) is 1.35. The summed E-state index contributed by atoms with van der Waals surface area (Å²) in [5, 5.41) is 6.77. The monoisotopic (exact) mass is 540 g/mol. The van der Waals surface area contributed by atoms with Gasteiger partial charge in [-0.3, -0.25) is 4.99 Å². The van der Waals surface area contributed by atoms with Crippen LogP contribution < -0.4 is 10.6 Å². The lowest BCUT2D eigenvalue weighted by atomic mass is 10.1. The highest BCUT2D eigenvalue weighted by atomic mass is 127. The third-order valence-corrected chi connectivity index (χ3v) is 4.85. The van der Waals surface area contributed by atoms with E-state index in [1.165, 1.54) is 0 Å². The molecular formula is C21H41IN4O4. The van der Waals surface area contributed by atoms with Crippen molar-refractivity contribution in [1.82, 2.24) is 15.5 Å². The quantitative estimate of drug-likeness (QED) is 0.213. The predicted molar refractivity (Wildman–Crippen MR) is 130 cm³/mol. The minimum atomic E-state index is -0.472. The van der Waals surface area contributed by atoms with E-state index in [0.717, 1.165) is 71.2 Å². The Bertz CT molecular complexity index is 522. The van der Waals surface area contributed by atoms with Crippen molar-refractivity contribution in [2.45, 2.75) is 65.0 Å². The van der Waals surface area contributed by atoms with Gasteiger partial charge in [-0.15, -0.1) is 24.0 Å². The predicted octanol–water partition coefficient (Wildman–Crippen LogP) is 3.00. The van der Waals surface area contributed by atoms with Gasteiger partial charge in [0.05, 0.1) is 13.2 Å². The molecule has 0 spiro atoms. The second-order valence-electron chi connectivity index (χ2n) is 8.83. The van der Waals surface area contributed by atoms with E-state index in [2.05, 4.69) is 22.5 Å². The van der Waals surface area contributed by atoms with Gasteiger partial charge in [-0.1, -0.05) is 0 Å². The topological polar surface area (TPSA) is 84.4 Å². The molecule has 8 nitrogen and oxygen atoms in total. The van der Waals surface area contributed by atoms with Crippen LogP contribution in [0, 0.1) is 5.92 Å². The summed E-state index contributed by atoms with van der Waals surface area (Å²) >= 11 is 0. The molecule has 176 valence electrons. The minimum Gasteiger partial charge on any atom is -0.444 e. The largest absolute Gasteiger partial charge is 0.444 e. The number of nitrogens with one attached hydrogen (secondary N) is 2. The first-order valence-electron chi connectivity index (χ1n) is 11.1. The van der Waals surface area contributed by atoms with E-state index in [1.807, 2.05) is 20.8 Å². The van der Waals surface area contributed by atoms with Crippen molar-refractivity contribution in [2.24, 2.45) is 10.9 Å². The summed E-state index contributed by atoms with van der Waals surface area (Å²) < 4.78 is 16.6. The fraction of sp³-hybridized carbons (Fsp3) is 0.905. The van der Waals surface area contributed by atoms with Crippen molar-refractivity contribution >= 4 is 36.0 Å². The third kappa shape index (κ3) is 11.0. The Balaban J connectivity index is 0.00000450. The number of aliphatic imine (C=N–C) groups is 1. The molecule has 2 aliphatic rings. The summed E-state index contributed by atoms with van der Waals surface area (Å²) in [7, 11) is 0. The van der Waals surface area contributed by atoms with Gasteiger partial charge in [0, 0.05) is 51.4 Å². The number of guanidine groups is 1. The molecule has 0 radical (unpaired) electrons. The molecule has 2 heterocycles. The van der Waals surface area contributed by atoms with Gasteiger partial charge in [0.25, 0.3) is 0 Å². The Hall–Kier alpha value is -0.810. The highest BCUT2D eigenvalue weighted by molar-refractivity contribution is 14.0. The second-order valence-corrected chi connectivity index (χ2v) is 8.83. The highest BCUT2D eigenvalue weighted by Gasteiger charge is 2.28. The van der Waals surface area contributed by atoms with E-state index < -0.39 is 5.60 Å². The van der Waals surface area contributed by atoms with Crippen molar-refractivity contribution < 1.29 is 19.0 Å². The van der Waals surface area contributed by atoms with Gasteiger partial charge in [0.15, 0.2) is 5.96 Å². The van der Waals surface area contributed by atoms with E-state index in [1.54, 1.807) is 4.90 Å². The molecule has 1 amide bonds.